The standard InChI is InChI=1S/C14H17N5O2/c1-3-11-12(15)13(19-18-11)14(21)17-10-6-4-5-9(7-10)16-8(2)20/h4-7H,3,15H2,1-2H3,(H,16,20)(H,17,21)(H,18,19). The van der Waals surface area contributed by atoms with Gasteiger partial charge in [-0.1, -0.05) is 13.0 Å². The highest BCUT2D eigenvalue weighted by Gasteiger charge is 2.16. The molecule has 0 spiro atoms. The first-order chi connectivity index (χ1) is 10.0. The summed E-state index contributed by atoms with van der Waals surface area (Å²) < 4.78 is 0. The van der Waals surface area contributed by atoms with E-state index in [0.717, 1.165) is 5.69 Å². The minimum absolute atomic E-state index is 0.164. The zero-order valence-electron chi connectivity index (χ0n) is 11.9. The number of carbonyl (C=O) groups is 2. The minimum atomic E-state index is -0.400. The van der Waals surface area contributed by atoms with Crippen molar-refractivity contribution in [2.75, 3.05) is 16.4 Å². The first kappa shape index (κ1) is 14.6. The van der Waals surface area contributed by atoms with Crippen LogP contribution in [0.15, 0.2) is 24.3 Å². The summed E-state index contributed by atoms with van der Waals surface area (Å²) in [7, 11) is 0. The van der Waals surface area contributed by atoms with Gasteiger partial charge < -0.3 is 16.4 Å². The van der Waals surface area contributed by atoms with E-state index in [4.69, 9.17) is 5.73 Å². The van der Waals surface area contributed by atoms with Gasteiger partial charge in [-0.15, -0.1) is 0 Å². The Morgan fingerprint density at radius 3 is 2.52 bits per heavy atom. The maximum absolute atomic E-state index is 12.1. The third-order valence-corrected chi connectivity index (χ3v) is 2.89. The highest BCUT2D eigenvalue weighted by Crippen LogP contribution is 2.19. The quantitative estimate of drug-likeness (QED) is 0.686. The second-order valence-electron chi connectivity index (χ2n) is 4.53. The summed E-state index contributed by atoms with van der Waals surface area (Å²) in [6, 6.07) is 6.83. The Kier molecular flexibility index (Phi) is 4.22. The highest BCUT2D eigenvalue weighted by atomic mass is 16.2. The molecule has 2 aromatic rings. The third kappa shape index (κ3) is 3.38. The van der Waals surface area contributed by atoms with E-state index in [1.165, 1.54) is 6.92 Å². The first-order valence-corrected chi connectivity index (χ1v) is 6.53. The van der Waals surface area contributed by atoms with Gasteiger partial charge in [-0.25, -0.2) is 0 Å². The number of benzene rings is 1. The molecule has 1 aromatic heterocycles. The van der Waals surface area contributed by atoms with Crippen LogP contribution in [0, 0.1) is 0 Å². The summed E-state index contributed by atoms with van der Waals surface area (Å²) in [5.41, 5.74) is 8.25. The zero-order valence-corrected chi connectivity index (χ0v) is 11.9. The van der Waals surface area contributed by atoms with Gasteiger partial charge in [0.1, 0.15) is 0 Å². The Hall–Kier alpha value is -2.83. The minimum Gasteiger partial charge on any atom is -0.395 e. The molecular formula is C14H17N5O2. The second-order valence-corrected chi connectivity index (χ2v) is 4.53. The molecule has 2 amide bonds. The molecule has 0 aliphatic rings. The van der Waals surface area contributed by atoms with Crippen molar-refractivity contribution >= 4 is 28.9 Å². The predicted octanol–water partition coefficient (Wildman–Crippen LogP) is 1.76. The molecule has 0 saturated carbocycles. The molecule has 2 rings (SSSR count). The number of aryl methyl sites for hydroxylation is 1. The first-order valence-electron chi connectivity index (χ1n) is 6.53. The van der Waals surface area contributed by atoms with Crippen LogP contribution in [0.1, 0.15) is 30.0 Å². The summed E-state index contributed by atoms with van der Waals surface area (Å²) in [6.45, 7) is 3.34. The van der Waals surface area contributed by atoms with E-state index >= 15 is 0 Å². The zero-order chi connectivity index (χ0) is 15.4. The monoisotopic (exact) mass is 287 g/mol. The molecule has 1 heterocycles. The van der Waals surface area contributed by atoms with E-state index in [0.29, 0.717) is 23.5 Å². The molecule has 0 saturated heterocycles. The van der Waals surface area contributed by atoms with Gasteiger partial charge in [0.05, 0.1) is 11.4 Å². The Labute approximate surface area is 121 Å². The largest absolute Gasteiger partial charge is 0.395 e. The summed E-state index contributed by atoms with van der Waals surface area (Å²) in [5.74, 6) is -0.578. The number of hydrogen-bond donors (Lipinski definition) is 4. The number of anilines is 3. The van der Waals surface area contributed by atoms with Gasteiger partial charge in [0.25, 0.3) is 5.91 Å². The molecule has 7 heteroatoms. The van der Waals surface area contributed by atoms with Crippen LogP contribution in [0.5, 0.6) is 0 Å². The Bertz CT molecular complexity index is 678. The second kappa shape index (κ2) is 6.08. The van der Waals surface area contributed by atoms with Crippen molar-refractivity contribution in [3.05, 3.63) is 35.7 Å². The van der Waals surface area contributed by atoms with Crippen LogP contribution in [-0.4, -0.2) is 22.0 Å². The van der Waals surface area contributed by atoms with Gasteiger partial charge in [-0.2, -0.15) is 5.10 Å². The SMILES string of the molecule is CCc1[nH]nc(C(=O)Nc2cccc(NC(C)=O)c2)c1N. The van der Waals surface area contributed by atoms with Crippen LogP contribution in [-0.2, 0) is 11.2 Å². The Morgan fingerprint density at radius 1 is 1.29 bits per heavy atom. The number of H-pyrrole nitrogens is 1. The molecule has 0 atom stereocenters. The summed E-state index contributed by atoms with van der Waals surface area (Å²) in [5, 5.41) is 12.0. The number of nitrogens with one attached hydrogen (secondary N) is 3. The molecule has 7 nitrogen and oxygen atoms in total. The number of rotatable bonds is 4. The van der Waals surface area contributed by atoms with Crippen molar-refractivity contribution in [1.29, 1.82) is 0 Å². The lowest BCUT2D eigenvalue weighted by Gasteiger charge is -2.07. The molecule has 0 fully saturated rings. The fraction of sp³-hybridized carbons (Fsp3) is 0.214. The normalized spacial score (nSPS) is 10.2. The molecule has 1 aromatic carbocycles. The number of aromatic amines is 1. The van der Waals surface area contributed by atoms with Gasteiger partial charge in [0.15, 0.2) is 5.69 Å². The van der Waals surface area contributed by atoms with Gasteiger partial charge in [-0.05, 0) is 24.6 Å². The van der Waals surface area contributed by atoms with E-state index in [1.807, 2.05) is 6.92 Å². The van der Waals surface area contributed by atoms with Crippen molar-refractivity contribution < 1.29 is 9.59 Å². The van der Waals surface area contributed by atoms with Gasteiger partial charge >= 0.3 is 0 Å². The van der Waals surface area contributed by atoms with E-state index in [9.17, 15) is 9.59 Å². The fourth-order valence-corrected chi connectivity index (χ4v) is 1.90. The van der Waals surface area contributed by atoms with Gasteiger partial charge in [0.2, 0.25) is 5.91 Å². The van der Waals surface area contributed by atoms with E-state index < -0.39 is 5.91 Å². The number of nitrogen functional groups attached to an aromatic ring is 1. The maximum Gasteiger partial charge on any atom is 0.278 e. The van der Waals surface area contributed by atoms with Crippen molar-refractivity contribution in [3.8, 4) is 0 Å². The van der Waals surface area contributed by atoms with Gasteiger partial charge in [0, 0.05) is 18.3 Å². The van der Waals surface area contributed by atoms with E-state index in [2.05, 4.69) is 20.8 Å². The molecule has 5 N–H and O–H groups in total. The maximum atomic E-state index is 12.1. The topological polar surface area (TPSA) is 113 Å². The molecule has 0 unspecified atom stereocenters. The van der Waals surface area contributed by atoms with E-state index in [1.54, 1.807) is 24.3 Å². The van der Waals surface area contributed by atoms with E-state index in [-0.39, 0.29) is 11.6 Å². The number of aromatic nitrogens is 2. The smallest absolute Gasteiger partial charge is 0.278 e. The van der Waals surface area contributed by atoms with Crippen molar-refractivity contribution in [1.82, 2.24) is 10.2 Å². The van der Waals surface area contributed by atoms with Crippen molar-refractivity contribution in [2.24, 2.45) is 0 Å². The Balaban J connectivity index is 2.15. The molecule has 0 radical (unpaired) electrons. The molecule has 110 valence electrons. The predicted molar refractivity (Wildman–Crippen MR) is 81.1 cm³/mol. The van der Waals surface area contributed by atoms with Crippen LogP contribution >= 0.6 is 0 Å². The average Bonchev–Trinajstić information content (AvgIpc) is 2.79. The molecule has 0 aliphatic heterocycles. The fourth-order valence-electron chi connectivity index (χ4n) is 1.90. The van der Waals surface area contributed by atoms with Crippen molar-refractivity contribution in [3.63, 3.8) is 0 Å². The number of nitrogens with two attached hydrogens (primary N) is 1. The van der Waals surface area contributed by atoms with Crippen LogP contribution in [0.2, 0.25) is 0 Å². The molecule has 0 bridgehead atoms. The molecule has 0 aliphatic carbocycles. The highest BCUT2D eigenvalue weighted by molar-refractivity contribution is 6.06. The lowest BCUT2D eigenvalue weighted by atomic mass is 10.2. The number of hydrogen-bond acceptors (Lipinski definition) is 4. The average molecular weight is 287 g/mol. The van der Waals surface area contributed by atoms with Gasteiger partial charge in [-0.3, -0.25) is 14.7 Å². The van der Waals surface area contributed by atoms with Crippen LogP contribution < -0.4 is 16.4 Å². The van der Waals surface area contributed by atoms with Crippen LogP contribution in [0.25, 0.3) is 0 Å². The summed E-state index contributed by atoms with van der Waals surface area (Å²) in [6.07, 6.45) is 0.671. The lowest BCUT2D eigenvalue weighted by Crippen LogP contribution is -2.14. The number of amides is 2. The van der Waals surface area contributed by atoms with Crippen LogP contribution in [0.3, 0.4) is 0 Å². The molecular weight excluding hydrogens is 270 g/mol. The van der Waals surface area contributed by atoms with Crippen LogP contribution in [0.4, 0.5) is 17.1 Å². The number of nitrogens with zero attached hydrogens (tertiary/aromatic N) is 1. The third-order valence-electron chi connectivity index (χ3n) is 2.89. The molecule has 21 heavy (non-hydrogen) atoms. The lowest BCUT2D eigenvalue weighted by molar-refractivity contribution is -0.114. The Morgan fingerprint density at radius 2 is 1.95 bits per heavy atom. The summed E-state index contributed by atoms with van der Waals surface area (Å²) in [4.78, 5) is 23.2. The number of carbonyl (C=O) groups excluding carboxylic acids is 2. The summed E-state index contributed by atoms with van der Waals surface area (Å²) >= 11 is 0. The van der Waals surface area contributed by atoms with Crippen molar-refractivity contribution in [2.45, 2.75) is 20.3 Å².